The second-order valence-electron chi connectivity index (χ2n) is 11.7. The van der Waals surface area contributed by atoms with E-state index in [2.05, 4.69) is 42.1 Å². The van der Waals surface area contributed by atoms with Crippen molar-refractivity contribution in [1.29, 1.82) is 0 Å². The van der Waals surface area contributed by atoms with Gasteiger partial charge in [0.05, 0.1) is 17.3 Å². The summed E-state index contributed by atoms with van der Waals surface area (Å²) in [6.07, 6.45) is 4.82. The molecule has 2 amide bonds. The third kappa shape index (κ3) is 7.02. The average Bonchev–Trinajstić information content (AvgIpc) is 2.90. The highest BCUT2D eigenvalue weighted by molar-refractivity contribution is 5.90. The number of carbonyl (C=O) groups excluding carboxylic acids is 3. The molecule has 2 aliphatic heterocycles. The molecule has 1 aromatic carbocycles. The summed E-state index contributed by atoms with van der Waals surface area (Å²) in [5.74, 6) is -0.942. The molecule has 39 heavy (non-hydrogen) atoms. The third-order valence-corrected chi connectivity index (χ3v) is 7.37. The second kappa shape index (κ2) is 11.8. The van der Waals surface area contributed by atoms with E-state index < -0.39 is 30.2 Å². The molecule has 0 saturated carbocycles. The lowest BCUT2D eigenvalue weighted by molar-refractivity contribution is -0.157. The van der Waals surface area contributed by atoms with Crippen molar-refractivity contribution in [3.05, 3.63) is 47.7 Å². The van der Waals surface area contributed by atoms with Gasteiger partial charge in [0.2, 0.25) is 5.91 Å². The molecular formula is C30H41N5O4. The van der Waals surface area contributed by atoms with Crippen LogP contribution in [0.5, 0.6) is 0 Å². The fourth-order valence-electron chi connectivity index (χ4n) is 4.90. The Morgan fingerprint density at radius 3 is 2.59 bits per heavy atom. The largest absolute Gasteiger partial charge is 0.455 e. The van der Waals surface area contributed by atoms with Gasteiger partial charge in [0.15, 0.2) is 0 Å². The second-order valence-corrected chi connectivity index (χ2v) is 11.7. The molecule has 0 spiro atoms. The molecule has 9 heteroatoms. The zero-order chi connectivity index (χ0) is 28.3. The van der Waals surface area contributed by atoms with E-state index in [0.29, 0.717) is 31.6 Å². The fourth-order valence-corrected chi connectivity index (χ4v) is 4.90. The minimum atomic E-state index is -0.758. The summed E-state index contributed by atoms with van der Waals surface area (Å²) < 4.78 is 5.77. The van der Waals surface area contributed by atoms with Crippen molar-refractivity contribution in [2.45, 2.75) is 78.6 Å². The van der Waals surface area contributed by atoms with Crippen LogP contribution in [0.1, 0.15) is 71.7 Å². The Morgan fingerprint density at radius 1 is 1.10 bits per heavy atom. The number of amides is 2. The summed E-state index contributed by atoms with van der Waals surface area (Å²) in [4.78, 5) is 44.2. The van der Waals surface area contributed by atoms with Gasteiger partial charge in [0.1, 0.15) is 18.2 Å². The standard InChI is InChI=1S/C30H41N5O4/c1-18(2)26-27(36)32-19(3)28(37)35-15-7-8-24(34-35)29(38)39-20(4)23-12-11-22-10-9-21(16-25(22)33-23)13-14-30(5,6)17-31-26/h9-14,16,18-20,24,26,31,34H,7-8,15,17H2,1-6H3,(H,32,36)/t19-,20+,24-,26-/m0/s1. The Hall–Kier alpha value is -3.30. The highest BCUT2D eigenvalue weighted by Gasteiger charge is 2.34. The normalized spacial score (nSPS) is 26.9. The fraction of sp³-hybridized carbons (Fsp3) is 0.533. The van der Waals surface area contributed by atoms with Gasteiger partial charge in [-0.05, 0) is 55.7 Å². The number of nitrogens with zero attached hydrogens (tertiary/aromatic N) is 2. The number of benzene rings is 1. The van der Waals surface area contributed by atoms with Gasteiger partial charge in [0.25, 0.3) is 5.91 Å². The first-order valence-electron chi connectivity index (χ1n) is 13.9. The molecule has 1 fully saturated rings. The van der Waals surface area contributed by atoms with E-state index in [1.54, 1.807) is 13.8 Å². The lowest BCUT2D eigenvalue weighted by atomic mass is 9.90. The van der Waals surface area contributed by atoms with Gasteiger partial charge in [-0.1, -0.05) is 58.0 Å². The van der Waals surface area contributed by atoms with Crippen LogP contribution in [0.2, 0.25) is 0 Å². The van der Waals surface area contributed by atoms with Crippen molar-refractivity contribution in [1.82, 2.24) is 26.1 Å². The van der Waals surface area contributed by atoms with Gasteiger partial charge in [-0.2, -0.15) is 0 Å². The summed E-state index contributed by atoms with van der Waals surface area (Å²) in [6.45, 7) is 12.7. The summed E-state index contributed by atoms with van der Waals surface area (Å²) in [6, 6.07) is 8.07. The number of carbonyl (C=O) groups is 3. The smallest absolute Gasteiger partial charge is 0.325 e. The van der Waals surface area contributed by atoms with Gasteiger partial charge in [-0.3, -0.25) is 19.4 Å². The Morgan fingerprint density at radius 2 is 1.85 bits per heavy atom. The molecular weight excluding hydrogens is 494 g/mol. The summed E-state index contributed by atoms with van der Waals surface area (Å²) in [5, 5.41) is 8.71. The first-order chi connectivity index (χ1) is 18.4. The maximum absolute atomic E-state index is 13.2. The third-order valence-electron chi connectivity index (χ3n) is 7.37. The van der Waals surface area contributed by atoms with Crippen LogP contribution in [-0.2, 0) is 19.1 Å². The molecule has 9 nitrogen and oxygen atoms in total. The molecule has 4 atom stereocenters. The molecule has 3 heterocycles. The SMILES string of the molecule is CC(C)[C@@H]1NCC(C)(C)C=Cc2ccc3ccc(nc3c2)[C@@H](C)OC(=O)[C@@H]2CCCN(N2)C(=O)[C@H](C)NC1=O. The maximum Gasteiger partial charge on any atom is 0.325 e. The molecule has 0 unspecified atom stereocenters. The number of aromatic nitrogens is 1. The van der Waals surface area contributed by atoms with Crippen LogP contribution in [0.4, 0.5) is 0 Å². The first-order valence-corrected chi connectivity index (χ1v) is 13.9. The van der Waals surface area contributed by atoms with E-state index >= 15 is 0 Å². The van der Waals surface area contributed by atoms with Gasteiger partial charge < -0.3 is 15.4 Å². The quantitative estimate of drug-likeness (QED) is 0.479. The van der Waals surface area contributed by atoms with Gasteiger partial charge >= 0.3 is 5.97 Å². The Kier molecular flexibility index (Phi) is 8.71. The number of rotatable bonds is 1. The zero-order valence-corrected chi connectivity index (χ0v) is 23.8. The van der Waals surface area contributed by atoms with Crippen molar-refractivity contribution >= 4 is 34.8 Å². The number of cyclic esters (lactones) is 1. The Bertz CT molecular complexity index is 1260. The topological polar surface area (TPSA) is 113 Å². The van der Waals surface area contributed by atoms with E-state index in [0.717, 1.165) is 16.5 Å². The average molecular weight is 536 g/mol. The van der Waals surface area contributed by atoms with Crippen LogP contribution in [0.15, 0.2) is 36.4 Å². The maximum atomic E-state index is 13.2. The number of hydrogen-bond donors (Lipinski definition) is 3. The number of nitrogens with one attached hydrogen (secondary N) is 3. The molecule has 1 saturated heterocycles. The number of fused-ring (bicyclic) bond motifs is 4. The highest BCUT2D eigenvalue weighted by Crippen LogP contribution is 2.24. The molecule has 4 rings (SSSR count). The van der Waals surface area contributed by atoms with Crippen molar-refractivity contribution in [2.75, 3.05) is 13.1 Å². The van der Waals surface area contributed by atoms with Crippen molar-refractivity contribution in [3.63, 3.8) is 0 Å². The molecule has 1 aromatic heterocycles. The van der Waals surface area contributed by atoms with E-state index in [-0.39, 0.29) is 23.1 Å². The molecule has 2 aliphatic rings. The minimum absolute atomic E-state index is 0.0173. The van der Waals surface area contributed by atoms with Crippen molar-refractivity contribution < 1.29 is 19.1 Å². The molecule has 0 aliphatic carbocycles. The Labute approximate surface area is 230 Å². The molecule has 210 valence electrons. The van der Waals surface area contributed by atoms with E-state index in [1.165, 1.54) is 5.01 Å². The van der Waals surface area contributed by atoms with E-state index in [1.807, 2.05) is 44.2 Å². The summed E-state index contributed by atoms with van der Waals surface area (Å²) >= 11 is 0. The first kappa shape index (κ1) is 28.7. The molecule has 2 aromatic rings. The number of esters is 1. The predicted octanol–water partition coefficient (Wildman–Crippen LogP) is 3.51. The van der Waals surface area contributed by atoms with Crippen molar-refractivity contribution in [2.24, 2.45) is 11.3 Å². The van der Waals surface area contributed by atoms with Crippen LogP contribution in [0.3, 0.4) is 0 Å². The molecule has 0 radical (unpaired) electrons. The number of hydrazine groups is 1. The molecule has 5 bridgehead atoms. The molecule has 3 N–H and O–H groups in total. The zero-order valence-electron chi connectivity index (χ0n) is 23.8. The van der Waals surface area contributed by atoms with Gasteiger partial charge in [-0.15, -0.1) is 0 Å². The lowest BCUT2D eigenvalue weighted by Gasteiger charge is -2.35. The van der Waals surface area contributed by atoms with Crippen LogP contribution in [0, 0.1) is 11.3 Å². The van der Waals surface area contributed by atoms with Crippen LogP contribution in [0.25, 0.3) is 17.0 Å². The van der Waals surface area contributed by atoms with Gasteiger partial charge in [0, 0.05) is 18.5 Å². The van der Waals surface area contributed by atoms with Crippen LogP contribution < -0.4 is 16.1 Å². The van der Waals surface area contributed by atoms with E-state index in [4.69, 9.17) is 9.72 Å². The monoisotopic (exact) mass is 535 g/mol. The summed E-state index contributed by atoms with van der Waals surface area (Å²) in [7, 11) is 0. The number of ether oxygens (including phenoxy) is 1. The van der Waals surface area contributed by atoms with Crippen LogP contribution >= 0.6 is 0 Å². The minimum Gasteiger partial charge on any atom is -0.455 e. The van der Waals surface area contributed by atoms with Gasteiger partial charge in [-0.25, -0.2) is 10.4 Å². The summed E-state index contributed by atoms with van der Waals surface area (Å²) in [5.41, 5.74) is 5.26. The predicted molar refractivity (Wildman–Crippen MR) is 151 cm³/mol. The van der Waals surface area contributed by atoms with Crippen molar-refractivity contribution in [3.8, 4) is 0 Å². The van der Waals surface area contributed by atoms with E-state index in [9.17, 15) is 14.4 Å². The Balaban J connectivity index is 1.67. The van der Waals surface area contributed by atoms with Crippen LogP contribution in [-0.4, -0.2) is 59.0 Å². The highest BCUT2D eigenvalue weighted by atomic mass is 16.5. The number of hydrogen-bond acceptors (Lipinski definition) is 7. The number of pyridine rings is 1. The lowest BCUT2D eigenvalue weighted by Crippen LogP contribution is -2.61.